The molecule has 0 unspecified atom stereocenters. The second-order valence-corrected chi connectivity index (χ2v) is 14.0. The SMILES string of the molecule is [B]c1c(O)c([B])c(N(c2ccc(-c3cccc4c3-c3ccccc3C4(C)C)cc2)c2ccc3c(c2)c2ccccc2n3-c2ccccc2)c([B])c1O. The summed E-state index contributed by atoms with van der Waals surface area (Å²) in [4.78, 5) is 1.87. The largest absolute Gasteiger partial charge is 0.509 e. The molecule has 1 heterocycles. The van der Waals surface area contributed by atoms with Crippen LogP contribution in [0.3, 0.4) is 0 Å². The van der Waals surface area contributed by atoms with Gasteiger partial charge >= 0.3 is 0 Å². The summed E-state index contributed by atoms with van der Waals surface area (Å²) in [6.45, 7) is 4.56. The van der Waals surface area contributed by atoms with Crippen molar-refractivity contribution in [1.29, 1.82) is 0 Å². The number of nitrogens with zero attached hydrogens (tertiary/aromatic N) is 2. The molecule has 0 amide bonds. The Hall–Kier alpha value is -6.07. The van der Waals surface area contributed by atoms with Gasteiger partial charge in [0.1, 0.15) is 35.0 Å². The average molecular weight is 664 g/mol. The van der Waals surface area contributed by atoms with E-state index in [-0.39, 0.29) is 27.5 Å². The highest BCUT2D eigenvalue weighted by Gasteiger charge is 2.36. The van der Waals surface area contributed by atoms with E-state index in [2.05, 4.69) is 109 Å². The molecule has 0 saturated heterocycles. The Morgan fingerprint density at radius 3 is 1.88 bits per heavy atom. The number of anilines is 3. The minimum Gasteiger partial charge on any atom is -0.509 e. The molecule has 0 saturated carbocycles. The van der Waals surface area contributed by atoms with Crippen molar-refractivity contribution in [3.63, 3.8) is 0 Å². The lowest BCUT2D eigenvalue weighted by Gasteiger charge is -2.31. The van der Waals surface area contributed by atoms with E-state index >= 15 is 0 Å². The smallest absolute Gasteiger partial charge is 0.124 e. The topological polar surface area (TPSA) is 48.6 Å². The van der Waals surface area contributed by atoms with Crippen LogP contribution in [-0.2, 0) is 5.41 Å². The molecule has 0 bridgehead atoms. The fourth-order valence-electron chi connectivity index (χ4n) is 8.16. The second-order valence-electron chi connectivity index (χ2n) is 14.0. The van der Waals surface area contributed by atoms with E-state index in [0.29, 0.717) is 0 Å². The number of benzene rings is 7. The normalized spacial score (nSPS) is 13.0. The van der Waals surface area contributed by atoms with Crippen LogP contribution in [0.5, 0.6) is 11.5 Å². The molecule has 0 spiro atoms. The number of phenols is 2. The van der Waals surface area contributed by atoms with Crippen molar-refractivity contribution < 1.29 is 10.2 Å². The molecular formula is C45H31B3N2O2. The highest BCUT2D eigenvalue weighted by molar-refractivity contribution is 6.52. The molecule has 0 fully saturated rings. The number of hydrogen-bond donors (Lipinski definition) is 2. The number of rotatable bonds is 5. The zero-order valence-corrected chi connectivity index (χ0v) is 28.8. The fourth-order valence-corrected chi connectivity index (χ4v) is 8.16. The van der Waals surface area contributed by atoms with Gasteiger partial charge in [-0.05, 0) is 98.3 Å². The average Bonchev–Trinajstić information content (AvgIpc) is 3.63. The maximum absolute atomic E-state index is 11.0. The lowest BCUT2D eigenvalue weighted by atomic mass is 9.76. The third-order valence-electron chi connectivity index (χ3n) is 10.7. The number of aromatic nitrogens is 1. The molecule has 1 aromatic heterocycles. The summed E-state index contributed by atoms with van der Waals surface area (Å²) in [5.74, 6) is -0.850. The third kappa shape index (κ3) is 4.58. The number of hydrogen-bond acceptors (Lipinski definition) is 3. The van der Waals surface area contributed by atoms with Gasteiger partial charge in [-0.25, -0.2) is 0 Å². The van der Waals surface area contributed by atoms with Crippen molar-refractivity contribution in [3.05, 3.63) is 151 Å². The van der Waals surface area contributed by atoms with Crippen LogP contribution < -0.4 is 21.3 Å². The predicted molar refractivity (Wildman–Crippen MR) is 218 cm³/mol. The Kier molecular flexibility index (Phi) is 7.20. The maximum Gasteiger partial charge on any atom is 0.124 e. The van der Waals surface area contributed by atoms with Crippen molar-refractivity contribution in [2.45, 2.75) is 19.3 Å². The van der Waals surface area contributed by atoms with Crippen LogP contribution in [0, 0.1) is 0 Å². The van der Waals surface area contributed by atoms with E-state index in [1.807, 2.05) is 53.4 Å². The van der Waals surface area contributed by atoms with Gasteiger partial charge in [0.15, 0.2) is 0 Å². The zero-order valence-electron chi connectivity index (χ0n) is 28.8. The second kappa shape index (κ2) is 11.7. The molecule has 1 aliphatic carbocycles. The maximum atomic E-state index is 11.0. The van der Waals surface area contributed by atoms with Crippen LogP contribution in [0.15, 0.2) is 140 Å². The van der Waals surface area contributed by atoms with E-state index < -0.39 is 11.5 Å². The first-order valence-electron chi connectivity index (χ1n) is 17.3. The predicted octanol–water partition coefficient (Wildman–Crippen LogP) is 8.02. The third-order valence-corrected chi connectivity index (χ3v) is 10.7. The first-order chi connectivity index (χ1) is 25.2. The molecule has 242 valence electrons. The monoisotopic (exact) mass is 664 g/mol. The lowest BCUT2D eigenvalue weighted by molar-refractivity contribution is 0.464. The van der Waals surface area contributed by atoms with Crippen molar-refractivity contribution in [2.24, 2.45) is 0 Å². The van der Waals surface area contributed by atoms with Crippen LogP contribution in [0.4, 0.5) is 17.1 Å². The summed E-state index contributed by atoms with van der Waals surface area (Å²) in [5.41, 5.74) is 11.7. The van der Waals surface area contributed by atoms with Crippen LogP contribution in [0.1, 0.15) is 25.0 Å². The minimum absolute atomic E-state index is 0.0385. The van der Waals surface area contributed by atoms with Gasteiger partial charge in [-0.2, -0.15) is 0 Å². The Morgan fingerprint density at radius 1 is 0.538 bits per heavy atom. The van der Waals surface area contributed by atoms with Gasteiger partial charge in [-0.1, -0.05) is 105 Å². The summed E-state index contributed by atoms with van der Waals surface area (Å²) in [5, 5.41) is 24.1. The number of phenolic OH excluding ortho intramolecular Hbond substituents is 2. The quantitative estimate of drug-likeness (QED) is 0.183. The molecule has 6 radical (unpaired) electrons. The van der Waals surface area contributed by atoms with E-state index in [0.717, 1.165) is 50.0 Å². The van der Waals surface area contributed by atoms with Crippen LogP contribution in [0.2, 0.25) is 0 Å². The summed E-state index contributed by atoms with van der Waals surface area (Å²) in [7, 11) is 19.2. The van der Waals surface area contributed by atoms with Gasteiger partial charge in [-0.15, -0.1) is 0 Å². The van der Waals surface area contributed by atoms with Crippen LogP contribution in [0.25, 0.3) is 49.7 Å². The molecule has 8 aromatic rings. The van der Waals surface area contributed by atoms with E-state index in [1.54, 1.807) is 0 Å². The van der Waals surface area contributed by atoms with Gasteiger partial charge in [0.25, 0.3) is 0 Å². The van der Waals surface area contributed by atoms with Gasteiger partial charge in [0.2, 0.25) is 0 Å². The Bertz CT molecular complexity index is 2690. The molecule has 2 N–H and O–H groups in total. The van der Waals surface area contributed by atoms with Crippen molar-refractivity contribution in [3.8, 4) is 39.4 Å². The molecular weight excluding hydrogens is 633 g/mol. The van der Waals surface area contributed by atoms with Gasteiger partial charge in [-0.3, -0.25) is 0 Å². The zero-order chi connectivity index (χ0) is 35.9. The number of para-hydroxylation sites is 2. The summed E-state index contributed by atoms with van der Waals surface area (Å²) >= 11 is 0. The standard InChI is InChI=1S/C45H31B3N2O2/c1-45(2)34-16-8-6-14-32(34)38-30(15-10-17-35(38)45)26-19-21-28(22-20-26)49(42-39(46)43(51)41(48)44(52)40(42)47)29-23-24-37-33(25-29)31-13-7-9-18-36(31)50(37)27-11-4-3-5-12-27/h3-25,51-52H,1-2H3. The Morgan fingerprint density at radius 2 is 1.13 bits per heavy atom. The fraction of sp³-hybridized carbons (Fsp3) is 0.0667. The Balaban J connectivity index is 1.25. The van der Waals surface area contributed by atoms with Gasteiger partial charge < -0.3 is 19.7 Å². The first kappa shape index (κ1) is 31.9. The molecule has 52 heavy (non-hydrogen) atoms. The molecule has 7 heteroatoms. The van der Waals surface area contributed by atoms with Crippen molar-refractivity contribution >= 4 is 78.8 Å². The number of aromatic hydroxyl groups is 2. The highest BCUT2D eigenvalue weighted by atomic mass is 16.3. The van der Waals surface area contributed by atoms with E-state index in [4.69, 9.17) is 23.5 Å². The van der Waals surface area contributed by atoms with Crippen LogP contribution in [-0.4, -0.2) is 38.3 Å². The first-order valence-corrected chi connectivity index (χ1v) is 17.3. The molecule has 7 aromatic carbocycles. The Labute approximate surface area is 306 Å². The molecule has 9 rings (SSSR count). The summed E-state index contributed by atoms with van der Waals surface area (Å²) in [6, 6.07) is 48.1. The summed E-state index contributed by atoms with van der Waals surface area (Å²) < 4.78 is 2.24. The van der Waals surface area contributed by atoms with E-state index in [9.17, 15) is 10.2 Å². The van der Waals surface area contributed by atoms with Crippen LogP contribution >= 0.6 is 0 Å². The van der Waals surface area contributed by atoms with Crippen molar-refractivity contribution in [2.75, 3.05) is 4.90 Å². The lowest BCUT2D eigenvalue weighted by Crippen LogP contribution is -2.33. The molecule has 0 atom stereocenters. The van der Waals surface area contributed by atoms with E-state index in [1.165, 1.54) is 22.3 Å². The van der Waals surface area contributed by atoms with Gasteiger partial charge in [0, 0.05) is 38.9 Å². The molecule has 0 aliphatic heterocycles. The highest BCUT2D eigenvalue weighted by Crippen LogP contribution is 2.52. The number of fused-ring (bicyclic) bond motifs is 6. The van der Waals surface area contributed by atoms with Crippen molar-refractivity contribution in [1.82, 2.24) is 4.57 Å². The minimum atomic E-state index is -0.425. The van der Waals surface area contributed by atoms with Gasteiger partial charge in [0.05, 0.1) is 11.0 Å². The summed E-state index contributed by atoms with van der Waals surface area (Å²) in [6.07, 6.45) is 0. The molecule has 4 nitrogen and oxygen atoms in total. The molecule has 1 aliphatic rings.